The molecule has 2 heterocycles. The van der Waals surface area contributed by atoms with Crippen LogP contribution >= 0.6 is 0 Å². The molecule has 1 atom stereocenters. The number of piperidine rings is 2. The van der Waals surface area contributed by atoms with Crippen molar-refractivity contribution in [2.24, 2.45) is 10.9 Å². The lowest BCUT2D eigenvalue weighted by Gasteiger charge is -2.29. The molecule has 0 amide bonds. The molecule has 2 saturated heterocycles. The molecule has 2 aromatic carbocycles. The first-order valence-corrected chi connectivity index (χ1v) is 13.3. The lowest BCUT2D eigenvalue weighted by Crippen LogP contribution is -2.29. The van der Waals surface area contributed by atoms with E-state index in [4.69, 9.17) is 10.6 Å². The fourth-order valence-corrected chi connectivity index (χ4v) is 6.00. The maximum Gasteiger partial charge on any atom is 0.106 e. The van der Waals surface area contributed by atoms with Gasteiger partial charge in [-0.1, -0.05) is 17.3 Å². The van der Waals surface area contributed by atoms with Gasteiger partial charge in [0.05, 0.1) is 5.71 Å². The molecule has 182 valence electrons. The third kappa shape index (κ3) is 5.10. The summed E-state index contributed by atoms with van der Waals surface area (Å²) in [6, 6.07) is 14.0. The van der Waals surface area contributed by atoms with E-state index in [1.807, 2.05) is 0 Å². The van der Waals surface area contributed by atoms with Gasteiger partial charge in [-0.05, 0) is 105 Å². The molecule has 5 heteroatoms. The third-order valence-electron chi connectivity index (χ3n) is 7.93. The minimum absolute atomic E-state index is 0.283. The van der Waals surface area contributed by atoms with Gasteiger partial charge in [0, 0.05) is 49.2 Å². The third-order valence-corrected chi connectivity index (χ3v) is 7.93. The molecule has 2 fully saturated rings. The van der Waals surface area contributed by atoms with E-state index in [1.54, 1.807) is 7.11 Å². The second-order valence-electron chi connectivity index (χ2n) is 10.2. The molecule has 1 unspecified atom stereocenters. The van der Waals surface area contributed by atoms with Crippen LogP contribution < -0.4 is 15.5 Å². The van der Waals surface area contributed by atoms with Crippen LogP contribution in [0.5, 0.6) is 0 Å². The number of nitrogens with two attached hydrogens (primary N) is 1. The molecule has 34 heavy (non-hydrogen) atoms. The van der Waals surface area contributed by atoms with Gasteiger partial charge in [-0.15, -0.1) is 0 Å². The molecule has 2 aromatic rings. The predicted molar refractivity (Wildman–Crippen MR) is 142 cm³/mol. The Morgan fingerprint density at radius 1 is 0.765 bits per heavy atom. The van der Waals surface area contributed by atoms with Crippen LogP contribution in [0.25, 0.3) is 0 Å². The molecule has 0 saturated carbocycles. The topological polar surface area (TPSA) is 54.1 Å². The van der Waals surface area contributed by atoms with Crippen LogP contribution in [0.3, 0.4) is 0 Å². The fraction of sp³-hybridized carbons (Fsp3) is 0.552. The SMILES string of the molecule is CON=C1CCc2cc(N3CCCCC3)ccc21.NC1CCc2cc(N3CCCCC3)ccc21. The molecule has 5 nitrogen and oxygen atoms in total. The zero-order valence-electron chi connectivity index (χ0n) is 20.8. The second-order valence-corrected chi connectivity index (χ2v) is 10.2. The zero-order valence-corrected chi connectivity index (χ0v) is 20.8. The fourth-order valence-electron chi connectivity index (χ4n) is 6.00. The standard InChI is InChI=1S/C15H20N2O.C14H20N2/c1-18-16-15-8-5-12-11-13(6-7-14(12)15)17-9-3-2-4-10-17;15-14-7-4-11-10-12(5-6-13(11)14)16-8-2-1-3-9-16/h6-7,11H,2-5,8-10H2,1H3;5-6,10,14H,1-4,7-9,15H2. The van der Waals surface area contributed by atoms with Gasteiger partial charge < -0.3 is 20.4 Å². The molecule has 4 aliphatic rings. The monoisotopic (exact) mass is 460 g/mol. The van der Waals surface area contributed by atoms with Crippen molar-refractivity contribution in [3.63, 3.8) is 0 Å². The summed E-state index contributed by atoms with van der Waals surface area (Å²) in [5.74, 6) is 0. The van der Waals surface area contributed by atoms with Gasteiger partial charge in [-0.3, -0.25) is 0 Å². The van der Waals surface area contributed by atoms with E-state index in [1.165, 1.54) is 98.3 Å². The summed E-state index contributed by atoms with van der Waals surface area (Å²) >= 11 is 0. The summed E-state index contributed by atoms with van der Waals surface area (Å²) in [5.41, 5.74) is 15.5. The van der Waals surface area contributed by atoms with Crippen LogP contribution in [-0.2, 0) is 17.7 Å². The first kappa shape index (κ1) is 23.2. The predicted octanol–water partition coefficient (Wildman–Crippen LogP) is 5.60. The van der Waals surface area contributed by atoms with Crippen molar-refractivity contribution in [1.29, 1.82) is 0 Å². The van der Waals surface area contributed by atoms with Crippen LogP contribution in [-0.4, -0.2) is 39.0 Å². The molecular weight excluding hydrogens is 420 g/mol. The van der Waals surface area contributed by atoms with E-state index < -0.39 is 0 Å². The van der Waals surface area contributed by atoms with E-state index in [-0.39, 0.29) is 6.04 Å². The first-order chi connectivity index (χ1) is 16.7. The molecule has 2 N–H and O–H groups in total. The van der Waals surface area contributed by atoms with Crippen molar-refractivity contribution in [1.82, 2.24) is 0 Å². The molecule has 6 rings (SSSR count). The van der Waals surface area contributed by atoms with Crippen LogP contribution in [0, 0.1) is 0 Å². The van der Waals surface area contributed by atoms with Gasteiger partial charge in [0.25, 0.3) is 0 Å². The average Bonchev–Trinajstić information content (AvgIpc) is 3.48. The Kier molecular flexibility index (Phi) is 7.39. The number of hydrogen-bond donors (Lipinski definition) is 1. The summed E-state index contributed by atoms with van der Waals surface area (Å²) in [5, 5.41) is 4.11. The maximum absolute atomic E-state index is 6.06. The van der Waals surface area contributed by atoms with Crippen molar-refractivity contribution < 1.29 is 4.84 Å². The molecule has 0 spiro atoms. The Bertz CT molecular complexity index is 1010. The lowest BCUT2D eigenvalue weighted by atomic mass is 10.1. The van der Waals surface area contributed by atoms with E-state index in [0.717, 1.165) is 31.4 Å². The van der Waals surface area contributed by atoms with E-state index in [0.29, 0.717) is 0 Å². The van der Waals surface area contributed by atoms with Gasteiger partial charge >= 0.3 is 0 Å². The molecule has 2 aliphatic heterocycles. The quantitative estimate of drug-likeness (QED) is 0.606. The summed E-state index contributed by atoms with van der Waals surface area (Å²) in [6.45, 7) is 4.87. The Morgan fingerprint density at radius 3 is 2.03 bits per heavy atom. The highest BCUT2D eigenvalue weighted by Gasteiger charge is 2.21. The minimum Gasteiger partial charge on any atom is -0.399 e. The molecule has 0 bridgehead atoms. The van der Waals surface area contributed by atoms with Crippen molar-refractivity contribution >= 4 is 17.1 Å². The molecular formula is C29H40N4O. The van der Waals surface area contributed by atoms with Crippen molar-refractivity contribution in [3.8, 4) is 0 Å². The molecule has 0 aromatic heterocycles. The number of fused-ring (bicyclic) bond motifs is 2. The van der Waals surface area contributed by atoms with Crippen LogP contribution in [0.4, 0.5) is 11.4 Å². The number of oxime groups is 1. The summed E-state index contributed by atoms with van der Waals surface area (Å²) in [4.78, 5) is 9.94. The largest absolute Gasteiger partial charge is 0.399 e. The Hall–Kier alpha value is -2.53. The van der Waals surface area contributed by atoms with Crippen molar-refractivity contribution in [3.05, 3.63) is 58.7 Å². The highest BCUT2D eigenvalue weighted by molar-refractivity contribution is 6.04. The Labute approximate surface area is 204 Å². The summed E-state index contributed by atoms with van der Waals surface area (Å²) in [6.07, 6.45) is 12.5. The minimum atomic E-state index is 0.283. The zero-order chi connectivity index (χ0) is 23.3. The summed E-state index contributed by atoms with van der Waals surface area (Å²) < 4.78 is 0. The maximum atomic E-state index is 6.06. The Morgan fingerprint density at radius 2 is 1.38 bits per heavy atom. The number of nitrogens with zero attached hydrogens (tertiary/aromatic N) is 3. The number of benzene rings is 2. The molecule has 2 aliphatic carbocycles. The number of aryl methyl sites for hydroxylation is 2. The lowest BCUT2D eigenvalue weighted by molar-refractivity contribution is 0.213. The first-order valence-electron chi connectivity index (χ1n) is 13.3. The normalized spacial score (nSPS) is 22.8. The average molecular weight is 461 g/mol. The van der Waals surface area contributed by atoms with E-state index in [9.17, 15) is 0 Å². The number of hydrogen-bond acceptors (Lipinski definition) is 5. The van der Waals surface area contributed by atoms with Gasteiger partial charge in [0.2, 0.25) is 0 Å². The van der Waals surface area contributed by atoms with Crippen LogP contribution in [0.15, 0.2) is 41.6 Å². The van der Waals surface area contributed by atoms with Gasteiger partial charge in [0.15, 0.2) is 0 Å². The summed E-state index contributed by atoms with van der Waals surface area (Å²) in [7, 11) is 1.62. The van der Waals surface area contributed by atoms with Crippen molar-refractivity contribution in [2.75, 3.05) is 43.1 Å². The Balaban J connectivity index is 0.000000142. The van der Waals surface area contributed by atoms with Crippen LogP contribution in [0.2, 0.25) is 0 Å². The van der Waals surface area contributed by atoms with Crippen LogP contribution in [0.1, 0.15) is 79.7 Å². The molecule has 0 radical (unpaired) electrons. The smallest absolute Gasteiger partial charge is 0.106 e. The van der Waals surface area contributed by atoms with E-state index in [2.05, 4.69) is 51.4 Å². The highest BCUT2D eigenvalue weighted by atomic mass is 16.6. The van der Waals surface area contributed by atoms with Gasteiger partial charge in [-0.2, -0.15) is 0 Å². The number of rotatable bonds is 3. The number of anilines is 2. The van der Waals surface area contributed by atoms with Crippen molar-refractivity contribution in [2.45, 2.75) is 70.3 Å². The van der Waals surface area contributed by atoms with Gasteiger partial charge in [0.1, 0.15) is 7.11 Å². The van der Waals surface area contributed by atoms with E-state index >= 15 is 0 Å². The highest BCUT2D eigenvalue weighted by Crippen LogP contribution is 2.33. The second kappa shape index (κ2) is 10.8. The van der Waals surface area contributed by atoms with Gasteiger partial charge in [-0.25, -0.2) is 0 Å².